The normalized spacial score (nSPS) is 16.5. The number of hydrogen-bond acceptors (Lipinski definition) is 5. The molecule has 1 amide bonds. The van der Waals surface area contributed by atoms with Crippen LogP contribution in [-0.2, 0) is 22.4 Å². The number of hydrogen-bond donors (Lipinski definition) is 1. The highest BCUT2D eigenvalue weighted by atomic mass is 32.1. The molecule has 1 unspecified atom stereocenters. The zero-order valence-electron chi connectivity index (χ0n) is 13.1. The van der Waals surface area contributed by atoms with Gasteiger partial charge >= 0.3 is 5.97 Å². The van der Waals surface area contributed by atoms with Gasteiger partial charge in [-0.1, -0.05) is 6.07 Å². The maximum absolute atomic E-state index is 12.5. The Balaban J connectivity index is 1.69. The number of amides is 1. The lowest BCUT2D eigenvalue weighted by molar-refractivity contribution is -0.120. The molecular weight excluding hydrogens is 312 g/mol. The van der Waals surface area contributed by atoms with Gasteiger partial charge in [0.25, 0.3) is 0 Å². The molecule has 0 fully saturated rings. The van der Waals surface area contributed by atoms with Crippen LogP contribution in [0.5, 0.6) is 0 Å². The molecule has 0 spiro atoms. The minimum absolute atomic E-state index is 0.0104. The molecule has 1 aromatic heterocycles. The number of aryl methyl sites for hydroxylation is 2. The number of benzene rings is 1. The standard InChI is InChI=1S/C17H18N2O3S/c1-10-18-14-7-6-11(9-15(14)23-10)16(20)19-13-5-3-4-12(8-13)17(21)22-2/h3-5,8,11H,6-7,9H2,1-2H3,(H,19,20). The van der Waals surface area contributed by atoms with Gasteiger partial charge in [-0.2, -0.15) is 0 Å². The molecule has 1 aliphatic carbocycles. The number of carbonyl (C=O) groups is 2. The number of nitrogens with one attached hydrogen (secondary N) is 1. The zero-order chi connectivity index (χ0) is 16.4. The van der Waals surface area contributed by atoms with Gasteiger partial charge in [0.2, 0.25) is 5.91 Å². The summed E-state index contributed by atoms with van der Waals surface area (Å²) in [5.41, 5.74) is 2.18. The molecular formula is C17H18N2O3S. The van der Waals surface area contributed by atoms with E-state index >= 15 is 0 Å². The van der Waals surface area contributed by atoms with Gasteiger partial charge in [0.15, 0.2) is 0 Å². The summed E-state index contributed by atoms with van der Waals surface area (Å²) in [5.74, 6) is -0.476. The highest BCUT2D eigenvalue weighted by molar-refractivity contribution is 7.11. The van der Waals surface area contributed by atoms with Crippen LogP contribution < -0.4 is 5.32 Å². The van der Waals surface area contributed by atoms with Crippen LogP contribution in [0.15, 0.2) is 24.3 Å². The fraction of sp³-hybridized carbons (Fsp3) is 0.353. The SMILES string of the molecule is COC(=O)c1cccc(NC(=O)C2CCc3nc(C)sc3C2)c1. The van der Waals surface area contributed by atoms with E-state index < -0.39 is 5.97 Å². The number of methoxy groups -OCH3 is 1. The number of aromatic nitrogens is 1. The summed E-state index contributed by atoms with van der Waals surface area (Å²) in [7, 11) is 1.34. The fourth-order valence-corrected chi connectivity index (χ4v) is 3.88. The van der Waals surface area contributed by atoms with Crippen LogP contribution in [0.2, 0.25) is 0 Å². The Morgan fingerprint density at radius 2 is 2.22 bits per heavy atom. The molecule has 23 heavy (non-hydrogen) atoms. The second-order valence-corrected chi connectivity index (χ2v) is 6.89. The number of thiazole rings is 1. The first-order chi connectivity index (χ1) is 11.1. The second kappa shape index (κ2) is 6.50. The second-order valence-electron chi connectivity index (χ2n) is 5.60. The summed E-state index contributed by atoms with van der Waals surface area (Å²) in [5, 5.41) is 3.96. The zero-order valence-corrected chi connectivity index (χ0v) is 13.9. The summed E-state index contributed by atoms with van der Waals surface area (Å²) < 4.78 is 4.70. The molecule has 1 N–H and O–H groups in total. The Hall–Kier alpha value is -2.21. The quantitative estimate of drug-likeness (QED) is 0.879. The fourth-order valence-electron chi connectivity index (χ4n) is 2.81. The van der Waals surface area contributed by atoms with E-state index in [-0.39, 0.29) is 11.8 Å². The average Bonchev–Trinajstić information content (AvgIpc) is 2.93. The molecule has 3 rings (SSSR count). The molecule has 120 valence electrons. The molecule has 0 radical (unpaired) electrons. The van der Waals surface area contributed by atoms with E-state index in [1.165, 1.54) is 12.0 Å². The van der Waals surface area contributed by atoms with Crippen molar-refractivity contribution in [1.29, 1.82) is 0 Å². The van der Waals surface area contributed by atoms with Gasteiger partial charge in [0.1, 0.15) is 0 Å². The van der Waals surface area contributed by atoms with Crippen molar-refractivity contribution in [2.75, 3.05) is 12.4 Å². The smallest absolute Gasteiger partial charge is 0.337 e. The molecule has 1 aliphatic rings. The Labute approximate surface area is 138 Å². The predicted molar refractivity (Wildman–Crippen MR) is 88.8 cm³/mol. The molecule has 0 saturated heterocycles. The van der Waals surface area contributed by atoms with Crippen molar-refractivity contribution in [3.63, 3.8) is 0 Å². The number of ether oxygens (including phenoxy) is 1. The van der Waals surface area contributed by atoms with E-state index in [1.807, 2.05) is 6.92 Å². The minimum atomic E-state index is -0.413. The molecule has 2 aromatic rings. The van der Waals surface area contributed by atoms with Crippen molar-refractivity contribution < 1.29 is 14.3 Å². The summed E-state index contributed by atoms with van der Waals surface area (Å²) in [6.07, 6.45) is 2.39. The van der Waals surface area contributed by atoms with E-state index in [2.05, 4.69) is 10.3 Å². The van der Waals surface area contributed by atoms with Gasteiger partial charge in [0.05, 0.1) is 23.4 Å². The maximum Gasteiger partial charge on any atom is 0.337 e. The predicted octanol–water partition coefficient (Wildman–Crippen LogP) is 2.98. The Kier molecular flexibility index (Phi) is 4.43. The summed E-state index contributed by atoms with van der Waals surface area (Å²) >= 11 is 1.67. The monoisotopic (exact) mass is 330 g/mol. The highest BCUT2D eigenvalue weighted by Crippen LogP contribution is 2.30. The van der Waals surface area contributed by atoms with E-state index in [4.69, 9.17) is 4.74 Å². The van der Waals surface area contributed by atoms with Crippen molar-refractivity contribution in [3.05, 3.63) is 45.4 Å². The van der Waals surface area contributed by atoms with E-state index in [0.29, 0.717) is 11.3 Å². The van der Waals surface area contributed by atoms with Gasteiger partial charge in [-0.25, -0.2) is 9.78 Å². The Bertz CT molecular complexity index is 754. The lowest BCUT2D eigenvalue weighted by Gasteiger charge is -2.20. The van der Waals surface area contributed by atoms with Gasteiger partial charge in [0, 0.05) is 16.5 Å². The highest BCUT2D eigenvalue weighted by Gasteiger charge is 2.27. The van der Waals surface area contributed by atoms with Crippen LogP contribution in [0.4, 0.5) is 5.69 Å². The van der Waals surface area contributed by atoms with E-state index in [1.54, 1.807) is 35.6 Å². The third-order valence-electron chi connectivity index (χ3n) is 3.97. The van der Waals surface area contributed by atoms with Crippen LogP contribution in [0.25, 0.3) is 0 Å². The van der Waals surface area contributed by atoms with Crippen molar-refractivity contribution in [3.8, 4) is 0 Å². The lowest BCUT2D eigenvalue weighted by Crippen LogP contribution is -2.27. The maximum atomic E-state index is 12.5. The van der Waals surface area contributed by atoms with Crippen LogP contribution >= 0.6 is 11.3 Å². The topological polar surface area (TPSA) is 68.3 Å². The van der Waals surface area contributed by atoms with Gasteiger partial charge in [-0.15, -0.1) is 11.3 Å². The first-order valence-electron chi connectivity index (χ1n) is 7.51. The minimum Gasteiger partial charge on any atom is -0.465 e. The van der Waals surface area contributed by atoms with Crippen molar-refractivity contribution in [2.45, 2.75) is 26.2 Å². The average molecular weight is 330 g/mol. The third kappa shape index (κ3) is 3.42. The van der Waals surface area contributed by atoms with Crippen molar-refractivity contribution in [1.82, 2.24) is 4.98 Å². The number of carbonyl (C=O) groups excluding carboxylic acids is 2. The molecule has 1 aromatic carbocycles. The molecule has 5 nitrogen and oxygen atoms in total. The van der Waals surface area contributed by atoms with Crippen LogP contribution in [0, 0.1) is 12.8 Å². The van der Waals surface area contributed by atoms with Gasteiger partial charge in [-0.3, -0.25) is 4.79 Å². The van der Waals surface area contributed by atoms with Crippen molar-refractivity contribution in [2.24, 2.45) is 5.92 Å². The molecule has 0 saturated carbocycles. The molecule has 1 atom stereocenters. The molecule has 1 heterocycles. The first kappa shape index (κ1) is 15.7. The summed E-state index contributed by atoms with van der Waals surface area (Å²) in [6.45, 7) is 2.00. The third-order valence-corrected chi connectivity index (χ3v) is 5.00. The summed E-state index contributed by atoms with van der Waals surface area (Å²) in [6, 6.07) is 6.80. The van der Waals surface area contributed by atoms with Crippen molar-refractivity contribution >= 4 is 28.9 Å². The van der Waals surface area contributed by atoms with Gasteiger partial charge < -0.3 is 10.1 Å². The van der Waals surface area contributed by atoms with Crippen LogP contribution in [0.3, 0.4) is 0 Å². The molecule has 0 bridgehead atoms. The summed E-state index contributed by atoms with van der Waals surface area (Å²) in [4.78, 5) is 29.8. The number of anilines is 1. The van der Waals surface area contributed by atoms with Crippen LogP contribution in [0.1, 0.15) is 32.4 Å². The number of nitrogens with zero attached hydrogens (tertiary/aromatic N) is 1. The van der Waals surface area contributed by atoms with Gasteiger partial charge in [-0.05, 0) is 44.4 Å². The lowest BCUT2D eigenvalue weighted by atomic mass is 9.90. The first-order valence-corrected chi connectivity index (χ1v) is 8.33. The Morgan fingerprint density at radius 3 is 3.00 bits per heavy atom. The number of esters is 1. The number of fused-ring (bicyclic) bond motifs is 1. The largest absolute Gasteiger partial charge is 0.465 e. The molecule has 6 heteroatoms. The Morgan fingerprint density at radius 1 is 1.39 bits per heavy atom. The number of rotatable bonds is 3. The van der Waals surface area contributed by atoms with E-state index in [9.17, 15) is 9.59 Å². The van der Waals surface area contributed by atoms with E-state index in [0.717, 1.165) is 30.0 Å². The molecule has 0 aliphatic heterocycles. The van der Waals surface area contributed by atoms with Crippen LogP contribution in [-0.4, -0.2) is 24.0 Å².